The molecule has 0 aliphatic heterocycles. The number of hydrogen-bond donors (Lipinski definition) is 1. The highest BCUT2D eigenvalue weighted by Gasteiger charge is 2.32. The van der Waals surface area contributed by atoms with Gasteiger partial charge in [-0.2, -0.15) is 13.2 Å². The van der Waals surface area contributed by atoms with Crippen molar-refractivity contribution in [1.82, 2.24) is 10.2 Å². The summed E-state index contributed by atoms with van der Waals surface area (Å²) in [6.45, 7) is -1.27. The molecule has 0 aromatic carbocycles. The number of halogens is 3. The topological polar surface area (TPSA) is 37.9 Å². The standard InChI is InChI=1S/C6H5F3N2O/c7-6(8,9)2-12-5-3-1-4(3)10-11-5/h1-2H2,(H,10,11). The van der Waals surface area contributed by atoms with Crippen molar-refractivity contribution in [1.29, 1.82) is 0 Å². The fourth-order valence-corrected chi connectivity index (χ4v) is 0.900. The smallest absolute Gasteiger partial charge is 0.422 e. The minimum Gasteiger partial charge on any atom is -0.467 e. The second-order valence-electron chi connectivity index (χ2n) is 2.57. The fourth-order valence-electron chi connectivity index (χ4n) is 0.900. The molecule has 1 aliphatic carbocycles. The summed E-state index contributed by atoms with van der Waals surface area (Å²) in [5.74, 6) is 0.0855. The first-order valence-corrected chi connectivity index (χ1v) is 3.32. The maximum absolute atomic E-state index is 11.6. The Morgan fingerprint density at radius 2 is 2.25 bits per heavy atom. The van der Waals surface area contributed by atoms with Crippen LogP contribution in [0.1, 0.15) is 11.3 Å². The first-order valence-electron chi connectivity index (χ1n) is 3.32. The number of hydrogen-bond acceptors (Lipinski definition) is 2. The van der Waals surface area contributed by atoms with Crippen LogP contribution in [0.4, 0.5) is 13.2 Å². The molecule has 0 saturated heterocycles. The van der Waals surface area contributed by atoms with E-state index in [0.717, 1.165) is 11.3 Å². The van der Waals surface area contributed by atoms with Crippen LogP contribution in [0.25, 0.3) is 0 Å². The van der Waals surface area contributed by atoms with E-state index in [1.807, 2.05) is 0 Å². The van der Waals surface area contributed by atoms with Crippen molar-refractivity contribution < 1.29 is 17.9 Å². The summed E-state index contributed by atoms with van der Waals surface area (Å²) in [7, 11) is 0. The second-order valence-corrected chi connectivity index (χ2v) is 2.57. The molecule has 0 bridgehead atoms. The largest absolute Gasteiger partial charge is 0.467 e. The van der Waals surface area contributed by atoms with E-state index < -0.39 is 12.8 Å². The molecule has 1 aliphatic rings. The van der Waals surface area contributed by atoms with Gasteiger partial charge in [0.25, 0.3) is 0 Å². The molecule has 6 heteroatoms. The third kappa shape index (κ3) is 1.37. The molecule has 1 N–H and O–H groups in total. The van der Waals surface area contributed by atoms with Gasteiger partial charge in [-0.05, 0) is 0 Å². The molecule has 66 valence electrons. The Morgan fingerprint density at radius 1 is 1.50 bits per heavy atom. The number of nitrogens with one attached hydrogen (secondary N) is 1. The van der Waals surface area contributed by atoms with Crippen molar-refractivity contribution in [2.45, 2.75) is 12.6 Å². The number of aromatic amines is 1. The lowest BCUT2D eigenvalue weighted by Gasteiger charge is -2.05. The molecular formula is C6H5F3N2O. The van der Waals surface area contributed by atoms with Crippen molar-refractivity contribution in [2.24, 2.45) is 0 Å². The van der Waals surface area contributed by atoms with Crippen molar-refractivity contribution >= 4 is 0 Å². The van der Waals surface area contributed by atoms with Gasteiger partial charge in [-0.25, -0.2) is 0 Å². The third-order valence-corrected chi connectivity index (χ3v) is 1.52. The number of fused-ring (bicyclic) bond motifs is 1. The molecule has 0 atom stereocenters. The van der Waals surface area contributed by atoms with Crippen LogP contribution < -0.4 is 4.74 Å². The normalized spacial score (nSPS) is 14.2. The minimum atomic E-state index is -4.29. The summed E-state index contributed by atoms with van der Waals surface area (Å²) in [5, 5.41) is 6.10. The minimum absolute atomic E-state index is 0.0855. The highest BCUT2D eigenvalue weighted by molar-refractivity contribution is 5.46. The van der Waals surface area contributed by atoms with Gasteiger partial charge in [-0.15, -0.1) is 5.10 Å². The average molecular weight is 178 g/mol. The van der Waals surface area contributed by atoms with Crippen LogP contribution in [0, 0.1) is 0 Å². The summed E-state index contributed by atoms with van der Waals surface area (Å²) < 4.78 is 39.3. The summed E-state index contributed by atoms with van der Waals surface area (Å²) >= 11 is 0. The van der Waals surface area contributed by atoms with Gasteiger partial charge in [0.1, 0.15) is 0 Å². The Kier molecular flexibility index (Phi) is 1.33. The first kappa shape index (κ1) is 7.45. The van der Waals surface area contributed by atoms with Crippen molar-refractivity contribution in [2.75, 3.05) is 6.61 Å². The molecule has 3 nitrogen and oxygen atoms in total. The Morgan fingerprint density at radius 3 is 2.67 bits per heavy atom. The lowest BCUT2D eigenvalue weighted by molar-refractivity contribution is -0.154. The van der Waals surface area contributed by atoms with E-state index in [0.29, 0.717) is 6.42 Å². The molecule has 1 aromatic heterocycles. The molecule has 0 unspecified atom stereocenters. The zero-order valence-electron chi connectivity index (χ0n) is 5.90. The summed E-state index contributed by atoms with van der Waals surface area (Å²) in [4.78, 5) is 0. The summed E-state index contributed by atoms with van der Waals surface area (Å²) in [6.07, 6.45) is -3.61. The number of nitrogens with zero attached hydrogens (tertiary/aromatic N) is 1. The van der Waals surface area contributed by atoms with Gasteiger partial charge < -0.3 is 4.74 Å². The lowest BCUT2D eigenvalue weighted by Crippen LogP contribution is -2.19. The quantitative estimate of drug-likeness (QED) is 0.751. The van der Waals surface area contributed by atoms with E-state index in [-0.39, 0.29) is 5.88 Å². The van der Waals surface area contributed by atoms with E-state index in [1.54, 1.807) is 0 Å². The number of H-pyrrole nitrogens is 1. The van der Waals surface area contributed by atoms with Gasteiger partial charge in [0.05, 0.1) is 0 Å². The summed E-state index contributed by atoms with van der Waals surface area (Å²) in [5.41, 5.74) is 1.63. The van der Waals surface area contributed by atoms with Crippen LogP contribution in [-0.4, -0.2) is 23.0 Å². The molecule has 0 saturated carbocycles. The number of rotatable bonds is 2. The zero-order chi connectivity index (χ0) is 8.77. The van der Waals surface area contributed by atoms with Gasteiger partial charge in [0.15, 0.2) is 6.61 Å². The Hall–Kier alpha value is -1.20. The van der Waals surface area contributed by atoms with Crippen molar-refractivity contribution in [3.05, 3.63) is 11.3 Å². The SMILES string of the molecule is FC(F)(F)COc1n[nH]c2c1C2. The van der Waals surface area contributed by atoms with Crippen LogP contribution in [0.2, 0.25) is 0 Å². The lowest BCUT2D eigenvalue weighted by atomic mass is 10.6. The Labute approximate surface area is 65.5 Å². The number of ether oxygens (including phenoxy) is 1. The van der Waals surface area contributed by atoms with Crippen molar-refractivity contribution in [3.63, 3.8) is 0 Å². The highest BCUT2D eigenvalue weighted by atomic mass is 19.4. The van der Waals surface area contributed by atoms with Crippen LogP contribution >= 0.6 is 0 Å². The Balaban J connectivity index is 1.94. The van der Waals surface area contributed by atoms with E-state index in [1.165, 1.54) is 0 Å². The monoisotopic (exact) mass is 178 g/mol. The zero-order valence-corrected chi connectivity index (χ0v) is 5.90. The number of aromatic nitrogens is 2. The van der Waals surface area contributed by atoms with Crippen LogP contribution in [0.3, 0.4) is 0 Å². The molecular weight excluding hydrogens is 173 g/mol. The number of alkyl halides is 3. The molecule has 0 spiro atoms. The molecule has 0 fully saturated rings. The van der Waals surface area contributed by atoms with E-state index in [2.05, 4.69) is 14.9 Å². The highest BCUT2D eigenvalue weighted by Crippen LogP contribution is 2.34. The molecule has 1 heterocycles. The molecule has 1 aromatic rings. The Bertz CT molecular complexity index is 304. The van der Waals surface area contributed by atoms with Crippen LogP contribution in [-0.2, 0) is 6.42 Å². The maximum atomic E-state index is 11.6. The van der Waals surface area contributed by atoms with E-state index in [9.17, 15) is 13.2 Å². The van der Waals surface area contributed by atoms with E-state index in [4.69, 9.17) is 0 Å². The van der Waals surface area contributed by atoms with Crippen LogP contribution in [0.5, 0.6) is 5.88 Å². The molecule has 0 amide bonds. The van der Waals surface area contributed by atoms with Crippen molar-refractivity contribution in [3.8, 4) is 5.88 Å². The summed E-state index contributed by atoms with van der Waals surface area (Å²) in [6, 6.07) is 0. The molecule has 0 radical (unpaired) electrons. The average Bonchev–Trinajstić information content (AvgIpc) is 2.60. The van der Waals surface area contributed by atoms with Gasteiger partial charge in [-0.3, -0.25) is 5.10 Å². The van der Waals surface area contributed by atoms with Gasteiger partial charge in [0.2, 0.25) is 5.88 Å². The maximum Gasteiger partial charge on any atom is 0.422 e. The van der Waals surface area contributed by atoms with Gasteiger partial charge in [-0.1, -0.05) is 0 Å². The second kappa shape index (κ2) is 2.15. The molecule has 12 heavy (non-hydrogen) atoms. The van der Waals surface area contributed by atoms with E-state index >= 15 is 0 Å². The van der Waals surface area contributed by atoms with Gasteiger partial charge in [0, 0.05) is 17.7 Å². The fraction of sp³-hybridized carbons (Fsp3) is 0.500. The molecule has 2 rings (SSSR count). The first-order chi connectivity index (χ1) is 5.56. The predicted octanol–water partition coefficient (Wildman–Crippen LogP) is 1.25. The predicted molar refractivity (Wildman–Crippen MR) is 32.9 cm³/mol. The third-order valence-electron chi connectivity index (χ3n) is 1.52. The van der Waals surface area contributed by atoms with Gasteiger partial charge >= 0.3 is 6.18 Å². The van der Waals surface area contributed by atoms with Crippen LogP contribution in [0.15, 0.2) is 0 Å².